The highest BCUT2D eigenvalue weighted by Gasteiger charge is 2.21. The minimum atomic E-state index is -0.216. The first kappa shape index (κ1) is 16.2. The molecule has 2 N–H and O–H groups in total. The molecule has 5 heteroatoms. The number of halogens is 1. The average molecular weight is 296 g/mol. The molecule has 1 unspecified atom stereocenters. The average Bonchev–Trinajstić information content (AvgIpc) is 2.47. The van der Waals surface area contributed by atoms with Gasteiger partial charge in [-0.3, -0.25) is 0 Å². The molecule has 0 aromatic heterocycles. The fourth-order valence-electron chi connectivity index (χ4n) is 2.55. The summed E-state index contributed by atoms with van der Waals surface area (Å²) in [4.78, 5) is 2.16. The van der Waals surface area contributed by atoms with Gasteiger partial charge >= 0.3 is 0 Å². The number of anilines is 1. The molecule has 1 atom stereocenters. The van der Waals surface area contributed by atoms with E-state index in [1.54, 1.807) is 6.07 Å². The van der Waals surface area contributed by atoms with E-state index in [1.807, 2.05) is 6.07 Å². The lowest BCUT2D eigenvalue weighted by atomic mass is 10.1. The van der Waals surface area contributed by atoms with Crippen molar-refractivity contribution >= 4 is 5.69 Å². The maximum Gasteiger partial charge on any atom is 0.123 e. The number of morpholine rings is 1. The Kier molecular flexibility index (Phi) is 5.96. The first-order valence-electron chi connectivity index (χ1n) is 7.56. The quantitative estimate of drug-likeness (QED) is 0.840. The van der Waals surface area contributed by atoms with Crippen LogP contribution in [-0.4, -0.2) is 44.1 Å². The van der Waals surface area contributed by atoms with Gasteiger partial charge in [-0.25, -0.2) is 4.39 Å². The summed E-state index contributed by atoms with van der Waals surface area (Å²) >= 11 is 0. The first-order chi connectivity index (χ1) is 10.1. The Morgan fingerprint density at radius 3 is 3.00 bits per heavy atom. The molecule has 2 rings (SSSR count). The molecule has 1 aromatic carbocycles. The fourth-order valence-corrected chi connectivity index (χ4v) is 2.55. The van der Waals surface area contributed by atoms with Gasteiger partial charge in [-0.1, -0.05) is 13.8 Å². The van der Waals surface area contributed by atoms with E-state index < -0.39 is 0 Å². The smallest absolute Gasteiger partial charge is 0.123 e. The van der Waals surface area contributed by atoms with E-state index in [2.05, 4.69) is 24.1 Å². The summed E-state index contributed by atoms with van der Waals surface area (Å²) in [6.45, 7) is 7.84. The van der Waals surface area contributed by atoms with Crippen LogP contribution in [0.2, 0.25) is 0 Å². The molecule has 1 aromatic rings. The molecule has 0 spiro atoms. The summed E-state index contributed by atoms with van der Waals surface area (Å²) in [5, 5.41) is 12.6. The highest BCUT2D eigenvalue weighted by atomic mass is 19.1. The van der Waals surface area contributed by atoms with E-state index in [-0.39, 0.29) is 18.5 Å². The van der Waals surface area contributed by atoms with E-state index in [4.69, 9.17) is 4.74 Å². The lowest BCUT2D eigenvalue weighted by Crippen LogP contribution is -2.44. The van der Waals surface area contributed by atoms with Crippen LogP contribution in [0.3, 0.4) is 0 Å². The molecular formula is C16H25FN2O2. The van der Waals surface area contributed by atoms with Gasteiger partial charge in [0.1, 0.15) is 5.82 Å². The zero-order valence-electron chi connectivity index (χ0n) is 12.8. The molecule has 21 heavy (non-hydrogen) atoms. The first-order valence-corrected chi connectivity index (χ1v) is 7.56. The predicted molar refractivity (Wildman–Crippen MR) is 82.0 cm³/mol. The zero-order chi connectivity index (χ0) is 15.2. The Morgan fingerprint density at radius 2 is 2.29 bits per heavy atom. The molecule has 118 valence electrons. The van der Waals surface area contributed by atoms with Crippen LogP contribution in [0.5, 0.6) is 0 Å². The number of nitrogens with one attached hydrogen (secondary N) is 1. The van der Waals surface area contributed by atoms with E-state index in [0.717, 1.165) is 24.3 Å². The summed E-state index contributed by atoms with van der Waals surface area (Å²) in [5.74, 6) is 0.344. The van der Waals surface area contributed by atoms with Crippen LogP contribution < -0.4 is 10.2 Å². The molecular weight excluding hydrogens is 271 g/mol. The molecule has 1 aliphatic rings. The molecule has 0 amide bonds. The molecule has 4 nitrogen and oxygen atoms in total. The van der Waals surface area contributed by atoms with Crippen molar-refractivity contribution in [3.05, 3.63) is 29.6 Å². The van der Waals surface area contributed by atoms with Crippen molar-refractivity contribution in [2.75, 3.05) is 37.7 Å². The summed E-state index contributed by atoms with van der Waals surface area (Å²) < 4.78 is 19.0. The van der Waals surface area contributed by atoms with Gasteiger partial charge < -0.3 is 20.1 Å². The molecule has 1 saturated heterocycles. The minimum absolute atomic E-state index is 0.0125. The molecule has 1 fully saturated rings. The van der Waals surface area contributed by atoms with Crippen molar-refractivity contribution in [2.45, 2.75) is 26.5 Å². The van der Waals surface area contributed by atoms with Crippen molar-refractivity contribution < 1.29 is 14.2 Å². The van der Waals surface area contributed by atoms with Gasteiger partial charge in [0.2, 0.25) is 0 Å². The number of aliphatic hydroxyl groups is 1. The summed E-state index contributed by atoms with van der Waals surface area (Å²) in [6.07, 6.45) is -0.166. The number of rotatable bonds is 6. The number of hydrogen-bond donors (Lipinski definition) is 2. The number of hydrogen-bond acceptors (Lipinski definition) is 4. The second-order valence-electron chi connectivity index (χ2n) is 5.92. The van der Waals surface area contributed by atoms with Gasteiger partial charge in [-0.05, 0) is 36.2 Å². The van der Waals surface area contributed by atoms with Gasteiger partial charge in [0.05, 0.1) is 19.3 Å². The number of ether oxygens (including phenoxy) is 1. The summed E-state index contributed by atoms with van der Waals surface area (Å²) in [6, 6.07) is 4.90. The van der Waals surface area contributed by atoms with Gasteiger partial charge in [-0.2, -0.15) is 0 Å². The lowest BCUT2D eigenvalue weighted by Gasteiger charge is -2.35. The van der Waals surface area contributed by atoms with Gasteiger partial charge in [-0.15, -0.1) is 0 Å². The van der Waals surface area contributed by atoms with Gasteiger partial charge in [0, 0.05) is 25.3 Å². The Morgan fingerprint density at radius 1 is 1.48 bits per heavy atom. The van der Waals surface area contributed by atoms with Gasteiger partial charge in [0.15, 0.2) is 0 Å². The largest absolute Gasteiger partial charge is 0.394 e. The van der Waals surface area contributed by atoms with Gasteiger partial charge in [0.25, 0.3) is 0 Å². The van der Waals surface area contributed by atoms with Crippen LogP contribution in [0, 0.1) is 11.7 Å². The third kappa shape index (κ3) is 4.66. The second kappa shape index (κ2) is 7.73. The van der Waals surface area contributed by atoms with E-state index in [0.29, 0.717) is 25.6 Å². The van der Waals surface area contributed by atoms with Crippen LogP contribution in [0.4, 0.5) is 10.1 Å². The summed E-state index contributed by atoms with van der Waals surface area (Å²) in [5.41, 5.74) is 1.98. The molecule has 0 saturated carbocycles. The highest BCUT2D eigenvalue weighted by Crippen LogP contribution is 2.24. The van der Waals surface area contributed by atoms with E-state index in [9.17, 15) is 9.50 Å². The van der Waals surface area contributed by atoms with Crippen molar-refractivity contribution in [3.63, 3.8) is 0 Å². The Balaban J connectivity index is 2.10. The topological polar surface area (TPSA) is 44.7 Å². The SMILES string of the molecule is CC(C)CNCc1cc(F)ccc1N1CCOC(CO)C1. The van der Waals surface area contributed by atoms with E-state index >= 15 is 0 Å². The molecule has 1 heterocycles. The summed E-state index contributed by atoms with van der Waals surface area (Å²) in [7, 11) is 0. The molecule has 0 bridgehead atoms. The standard InChI is InChI=1S/C16H25FN2O2/c1-12(2)8-18-9-13-7-14(17)3-4-16(13)19-5-6-21-15(10-19)11-20/h3-4,7,12,15,18,20H,5-6,8-11H2,1-2H3. The lowest BCUT2D eigenvalue weighted by molar-refractivity contribution is 0.00352. The monoisotopic (exact) mass is 296 g/mol. The van der Waals surface area contributed by atoms with Crippen molar-refractivity contribution in [1.29, 1.82) is 0 Å². The number of nitrogens with zero attached hydrogens (tertiary/aromatic N) is 1. The van der Waals surface area contributed by atoms with E-state index in [1.165, 1.54) is 6.07 Å². The highest BCUT2D eigenvalue weighted by molar-refractivity contribution is 5.54. The Bertz CT molecular complexity index is 454. The minimum Gasteiger partial charge on any atom is -0.394 e. The third-order valence-electron chi connectivity index (χ3n) is 3.59. The van der Waals surface area contributed by atoms with Crippen molar-refractivity contribution in [3.8, 4) is 0 Å². The van der Waals surface area contributed by atoms with Crippen LogP contribution in [-0.2, 0) is 11.3 Å². The van der Waals surface area contributed by atoms with Crippen LogP contribution in [0.25, 0.3) is 0 Å². The normalized spacial score (nSPS) is 19.3. The molecule has 0 aliphatic carbocycles. The van der Waals surface area contributed by atoms with Crippen molar-refractivity contribution in [1.82, 2.24) is 5.32 Å². The van der Waals surface area contributed by atoms with Crippen LogP contribution >= 0.6 is 0 Å². The molecule has 0 radical (unpaired) electrons. The zero-order valence-corrected chi connectivity index (χ0v) is 12.8. The Hall–Kier alpha value is -1.17. The number of benzene rings is 1. The predicted octanol–water partition coefficient (Wildman–Crippen LogP) is 1.77. The second-order valence-corrected chi connectivity index (χ2v) is 5.92. The maximum atomic E-state index is 13.5. The fraction of sp³-hybridized carbons (Fsp3) is 0.625. The molecule has 1 aliphatic heterocycles. The third-order valence-corrected chi connectivity index (χ3v) is 3.59. The van der Waals surface area contributed by atoms with Crippen LogP contribution in [0.1, 0.15) is 19.4 Å². The number of aliphatic hydroxyl groups excluding tert-OH is 1. The Labute approximate surface area is 125 Å². The van der Waals surface area contributed by atoms with Crippen molar-refractivity contribution in [2.24, 2.45) is 5.92 Å². The maximum absolute atomic E-state index is 13.5. The van der Waals surface area contributed by atoms with Crippen LogP contribution in [0.15, 0.2) is 18.2 Å².